The molecule has 4 atom stereocenters. The van der Waals surface area contributed by atoms with Crippen LogP contribution >= 0.6 is 0 Å². The second kappa shape index (κ2) is 7.95. The maximum Gasteiger partial charge on any atom is 0.316 e. The third kappa shape index (κ3) is 3.21. The van der Waals surface area contributed by atoms with Crippen LogP contribution in [0.4, 0.5) is 0 Å². The Labute approximate surface area is 171 Å². The van der Waals surface area contributed by atoms with Crippen LogP contribution in [0.15, 0.2) is 48.6 Å². The van der Waals surface area contributed by atoms with Gasteiger partial charge in [-0.2, -0.15) is 0 Å². The molecule has 2 aliphatic heterocycles. The Hall–Kier alpha value is -2.73. The van der Waals surface area contributed by atoms with Gasteiger partial charge in [0.25, 0.3) is 0 Å². The summed E-state index contributed by atoms with van der Waals surface area (Å²) in [5.41, 5.74) is 2.49. The molecule has 6 nitrogen and oxygen atoms in total. The van der Waals surface area contributed by atoms with Crippen LogP contribution in [0.3, 0.4) is 0 Å². The Balaban J connectivity index is 2.22. The molecule has 1 aromatic carbocycles. The van der Waals surface area contributed by atoms with Gasteiger partial charge in [0.2, 0.25) is 11.5 Å². The molecule has 1 saturated heterocycles. The number of hydrogen-bond donors (Lipinski definition) is 0. The quantitative estimate of drug-likeness (QED) is 0.509. The highest BCUT2D eigenvalue weighted by Crippen LogP contribution is 2.54. The smallest absolute Gasteiger partial charge is 0.316 e. The fourth-order valence-electron chi connectivity index (χ4n) is 4.46. The number of methoxy groups -OCH3 is 4. The van der Waals surface area contributed by atoms with Crippen LogP contribution < -0.4 is 14.2 Å². The first-order chi connectivity index (χ1) is 13.9. The Kier molecular flexibility index (Phi) is 5.75. The van der Waals surface area contributed by atoms with Crippen molar-refractivity contribution in [3.63, 3.8) is 0 Å². The van der Waals surface area contributed by atoms with E-state index in [0.29, 0.717) is 23.7 Å². The molecule has 0 saturated carbocycles. The largest absolute Gasteiger partial charge is 0.493 e. The zero-order valence-corrected chi connectivity index (χ0v) is 17.6. The Morgan fingerprint density at radius 3 is 2.24 bits per heavy atom. The predicted octanol–water partition coefficient (Wildman–Crippen LogP) is 4.02. The number of fused-ring (bicyclic) bond motifs is 3. The summed E-state index contributed by atoms with van der Waals surface area (Å²) in [4.78, 5) is 13.1. The van der Waals surface area contributed by atoms with Crippen LogP contribution in [0.1, 0.15) is 24.8 Å². The molecule has 6 heteroatoms. The molecule has 1 fully saturated rings. The van der Waals surface area contributed by atoms with Gasteiger partial charge in [-0.25, -0.2) is 0 Å². The molecular formula is C23H28O6. The third-order valence-corrected chi connectivity index (χ3v) is 5.97. The van der Waals surface area contributed by atoms with Crippen molar-refractivity contribution in [1.29, 1.82) is 0 Å². The zero-order chi connectivity index (χ0) is 21.3. The van der Waals surface area contributed by atoms with Crippen LogP contribution in [0.25, 0.3) is 0 Å². The molecule has 1 aliphatic carbocycles. The number of carbonyl (C=O) groups is 1. The SMILES string of the molecule is C=CCC1=C[C@@]2(OC)OC(=O)[C@H](C1=C)[C@H](c1cc(OC)c(OC)c(OC)c1)[C@@H]2C. The first-order valence-corrected chi connectivity index (χ1v) is 9.47. The maximum atomic E-state index is 13.1. The highest BCUT2D eigenvalue weighted by Gasteiger charge is 2.56. The van der Waals surface area contributed by atoms with Crippen molar-refractivity contribution in [2.75, 3.05) is 28.4 Å². The first kappa shape index (κ1) is 21.0. The van der Waals surface area contributed by atoms with Gasteiger partial charge in [-0.15, -0.1) is 6.58 Å². The highest BCUT2D eigenvalue weighted by molar-refractivity contribution is 5.82. The summed E-state index contributed by atoms with van der Waals surface area (Å²) in [5.74, 6) is -0.977. The summed E-state index contributed by atoms with van der Waals surface area (Å²) in [6.07, 6.45) is 4.23. The number of esters is 1. The van der Waals surface area contributed by atoms with Crippen molar-refractivity contribution in [3.8, 4) is 17.2 Å². The highest BCUT2D eigenvalue weighted by atomic mass is 16.7. The summed E-state index contributed by atoms with van der Waals surface area (Å²) in [5, 5.41) is 0. The minimum absolute atomic E-state index is 0.183. The van der Waals surface area contributed by atoms with E-state index in [-0.39, 0.29) is 17.8 Å². The molecule has 0 amide bonds. The van der Waals surface area contributed by atoms with E-state index in [4.69, 9.17) is 23.7 Å². The number of benzene rings is 1. The van der Waals surface area contributed by atoms with E-state index >= 15 is 0 Å². The van der Waals surface area contributed by atoms with Crippen LogP contribution in [0.2, 0.25) is 0 Å². The Morgan fingerprint density at radius 2 is 1.76 bits per heavy atom. The van der Waals surface area contributed by atoms with Crippen molar-refractivity contribution in [3.05, 3.63) is 54.2 Å². The summed E-state index contributed by atoms with van der Waals surface area (Å²) < 4.78 is 28.1. The van der Waals surface area contributed by atoms with Crippen LogP contribution in [-0.2, 0) is 14.3 Å². The number of allylic oxidation sites excluding steroid dienone is 2. The van der Waals surface area contributed by atoms with Gasteiger partial charge in [-0.05, 0) is 41.3 Å². The average Bonchev–Trinajstić information content (AvgIpc) is 2.88. The normalized spacial score (nSPS) is 28.3. The molecule has 2 heterocycles. The van der Waals surface area contributed by atoms with Gasteiger partial charge in [0.15, 0.2) is 11.5 Å². The van der Waals surface area contributed by atoms with Crippen molar-refractivity contribution in [2.45, 2.75) is 25.0 Å². The lowest BCUT2D eigenvalue weighted by Crippen LogP contribution is -2.51. The lowest BCUT2D eigenvalue weighted by atomic mass is 9.71. The van der Waals surface area contributed by atoms with E-state index < -0.39 is 11.7 Å². The zero-order valence-electron chi connectivity index (χ0n) is 17.6. The van der Waals surface area contributed by atoms with Crippen LogP contribution in [-0.4, -0.2) is 40.2 Å². The molecular weight excluding hydrogens is 372 g/mol. The number of hydrogen-bond acceptors (Lipinski definition) is 6. The minimum Gasteiger partial charge on any atom is -0.493 e. The molecule has 156 valence electrons. The van der Waals surface area contributed by atoms with Gasteiger partial charge in [0, 0.05) is 18.9 Å². The van der Waals surface area contributed by atoms with Gasteiger partial charge in [-0.3, -0.25) is 4.79 Å². The molecule has 0 unspecified atom stereocenters. The number of rotatable bonds is 7. The fraction of sp³-hybridized carbons (Fsp3) is 0.435. The monoisotopic (exact) mass is 400 g/mol. The predicted molar refractivity (Wildman–Crippen MR) is 109 cm³/mol. The topological polar surface area (TPSA) is 63.2 Å². The van der Waals surface area contributed by atoms with Crippen molar-refractivity contribution in [1.82, 2.24) is 0 Å². The first-order valence-electron chi connectivity index (χ1n) is 9.47. The van der Waals surface area contributed by atoms with Gasteiger partial charge in [0.05, 0.1) is 27.2 Å². The van der Waals surface area contributed by atoms with Crippen LogP contribution in [0, 0.1) is 11.8 Å². The average molecular weight is 400 g/mol. The van der Waals surface area contributed by atoms with Gasteiger partial charge in [-0.1, -0.05) is 19.6 Å². The Morgan fingerprint density at radius 1 is 1.14 bits per heavy atom. The lowest BCUT2D eigenvalue weighted by Gasteiger charge is -2.44. The van der Waals surface area contributed by atoms with Crippen molar-refractivity contribution in [2.24, 2.45) is 11.8 Å². The van der Waals surface area contributed by atoms with E-state index in [0.717, 1.165) is 16.7 Å². The second-order valence-corrected chi connectivity index (χ2v) is 7.29. The molecule has 29 heavy (non-hydrogen) atoms. The lowest BCUT2D eigenvalue weighted by molar-refractivity contribution is -0.239. The second-order valence-electron chi connectivity index (χ2n) is 7.29. The van der Waals surface area contributed by atoms with E-state index in [2.05, 4.69) is 13.2 Å². The van der Waals surface area contributed by atoms with Gasteiger partial charge in [0.1, 0.15) is 0 Å². The summed E-state index contributed by atoms with van der Waals surface area (Å²) >= 11 is 0. The standard InChI is InChI=1S/C23H28O6/c1-8-9-15-12-23(28-7)14(3)20(19(13(15)2)22(24)29-23)16-10-17(25-4)21(27-6)18(11-16)26-5/h8,10-12,14,19-20H,1-2,9H2,3-7H3/t14-,19+,20-,23+/m0/s1. The number of carbonyl (C=O) groups excluding carboxylic acids is 1. The molecule has 0 aromatic heterocycles. The van der Waals surface area contributed by atoms with E-state index in [1.165, 1.54) is 0 Å². The maximum absolute atomic E-state index is 13.1. The van der Waals surface area contributed by atoms with Crippen molar-refractivity contribution >= 4 is 5.97 Å². The van der Waals surface area contributed by atoms with Crippen LogP contribution in [0.5, 0.6) is 17.2 Å². The molecule has 2 bridgehead atoms. The van der Waals surface area contributed by atoms with E-state index in [1.54, 1.807) is 34.5 Å². The van der Waals surface area contributed by atoms with Gasteiger partial charge >= 0.3 is 5.97 Å². The Bertz CT molecular complexity index is 845. The van der Waals surface area contributed by atoms with Gasteiger partial charge < -0.3 is 23.7 Å². The number of ether oxygens (including phenoxy) is 5. The van der Waals surface area contributed by atoms with Crippen molar-refractivity contribution < 1.29 is 28.5 Å². The molecule has 3 aliphatic rings. The molecule has 0 spiro atoms. The third-order valence-electron chi connectivity index (χ3n) is 5.97. The minimum atomic E-state index is -1.18. The molecule has 1 aromatic rings. The van der Waals surface area contributed by atoms with E-state index in [1.807, 2.05) is 25.1 Å². The fourth-order valence-corrected chi connectivity index (χ4v) is 4.46. The molecule has 0 N–H and O–H groups in total. The molecule has 0 radical (unpaired) electrons. The molecule has 4 rings (SSSR count). The summed E-state index contributed by atoms with van der Waals surface area (Å²) in [6.45, 7) is 10.1. The summed E-state index contributed by atoms with van der Waals surface area (Å²) in [6, 6.07) is 3.75. The van der Waals surface area contributed by atoms with E-state index in [9.17, 15) is 4.79 Å². The summed E-state index contributed by atoms with van der Waals surface area (Å²) in [7, 11) is 6.24.